The van der Waals surface area contributed by atoms with E-state index in [2.05, 4.69) is 36.6 Å². The highest BCUT2D eigenvalue weighted by atomic mass is 32.2. The quantitative estimate of drug-likeness (QED) is 0.420. The summed E-state index contributed by atoms with van der Waals surface area (Å²) in [6, 6.07) is 2.22. The summed E-state index contributed by atoms with van der Waals surface area (Å²) in [5.74, 6) is 4.43. The first-order valence-corrected chi connectivity index (χ1v) is 15.5. The Labute approximate surface area is 212 Å². The number of furan rings is 1. The number of thioether (sulfide) groups is 1. The molecule has 4 aliphatic carbocycles. The van der Waals surface area contributed by atoms with E-state index in [0.29, 0.717) is 11.3 Å². The highest BCUT2D eigenvalue weighted by molar-refractivity contribution is 7.99. The minimum Gasteiger partial charge on any atom is -0.472 e. The molecule has 34 heavy (non-hydrogen) atoms. The third-order valence-electron chi connectivity index (χ3n) is 12.0. The van der Waals surface area contributed by atoms with Gasteiger partial charge in [-0.3, -0.25) is 0 Å². The predicted molar refractivity (Wildman–Crippen MR) is 141 cm³/mol. The zero-order valence-corrected chi connectivity index (χ0v) is 22.7. The Bertz CT molecular complexity index is 837. The smallest absolute Gasteiger partial charge is 0.0937 e. The van der Waals surface area contributed by atoms with Crippen molar-refractivity contribution in [3.63, 3.8) is 0 Å². The van der Waals surface area contributed by atoms with Gasteiger partial charge < -0.3 is 14.1 Å². The molecule has 1 aromatic rings. The first kappa shape index (κ1) is 23.9. The fraction of sp³-hybridized carbons (Fsp3) is 0.867. The van der Waals surface area contributed by atoms with Gasteiger partial charge in [-0.1, -0.05) is 13.8 Å². The molecule has 1 aliphatic heterocycles. The van der Waals surface area contributed by atoms with Gasteiger partial charge in [-0.2, -0.15) is 11.8 Å². The van der Waals surface area contributed by atoms with Gasteiger partial charge in [-0.15, -0.1) is 0 Å². The molecule has 6 rings (SSSR count). The summed E-state index contributed by atoms with van der Waals surface area (Å²) in [6.45, 7) is 9.28. The van der Waals surface area contributed by atoms with E-state index >= 15 is 0 Å². The van der Waals surface area contributed by atoms with E-state index in [1.54, 1.807) is 0 Å². The van der Waals surface area contributed by atoms with Crippen LogP contribution >= 0.6 is 11.8 Å². The molecule has 4 saturated carbocycles. The summed E-state index contributed by atoms with van der Waals surface area (Å²) in [4.78, 5) is 2.69. The van der Waals surface area contributed by atoms with Crippen molar-refractivity contribution in [2.24, 2.45) is 28.6 Å². The Morgan fingerprint density at radius 3 is 2.65 bits per heavy atom. The second-order valence-electron chi connectivity index (χ2n) is 13.0. The van der Waals surface area contributed by atoms with Crippen molar-refractivity contribution >= 4 is 11.8 Å². The molecule has 0 amide bonds. The summed E-state index contributed by atoms with van der Waals surface area (Å²) in [7, 11) is 2.04. The molecule has 0 aromatic carbocycles. The van der Waals surface area contributed by atoms with Crippen molar-refractivity contribution in [3.8, 4) is 0 Å². The van der Waals surface area contributed by atoms with Crippen LogP contribution in [0.4, 0.5) is 0 Å². The van der Waals surface area contributed by atoms with Gasteiger partial charge in [0.2, 0.25) is 0 Å². The van der Waals surface area contributed by atoms with Gasteiger partial charge in [-0.25, -0.2) is 0 Å². The number of likely N-dealkylation sites (tertiary alicyclic amines) is 1. The molecule has 0 radical (unpaired) electrons. The van der Waals surface area contributed by atoms with Crippen LogP contribution in [-0.4, -0.2) is 48.2 Å². The lowest BCUT2D eigenvalue weighted by Gasteiger charge is -2.64. The van der Waals surface area contributed by atoms with Crippen LogP contribution in [0, 0.1) is 28.6 Å². The summed E-state index contributed by atoms with van der Waals surface area (Å²) in [5, 5.41) is 0.902. The zero-order valence-electron chi connectivity index (χ0n) is 21.9. The molecule has 4 heteroatoms. The summed E-state index contributed by atoms with van der Waals surface area (Å²) >= 11 is 2.31. The molecule has 1 saturated heterocycles. The SMILES string of the molecule is CO[C@]12CC[C@H](c3ccoc3)[C@@]1(C)CC[C@H]1[C@H]2CC[C@@H]2C[C@@H](SCCN3CCCC3)CC[C@@]21C. The molecular formula is C30H47NO2S. The van der Waals surface area contributed by atoms with Gasteiger partial charge in [0.25, 0.3) is 0 Å². The number of hydrogen-bond donors (Lipinski definition) is 0. The van der Waals surface area contributed by atoms with Crippen molar-refractivity contribution in [1.29, 1.82) is 0 Å². The maximum atomic E-state index is 6.71. The average molecular weight is 486 g/mol. The molecule has 2 heterocycles. The standard InChI is InChI=1S/C30H47NO2S/c1-28-12-8-24(34-19-17-31-15-4-5-16-31)20-23(28)6-7-27-26(28)9-13-29(2)25(22-11-18-33-21-22)10-14-30(27,29)32-3/h11,18,21,23-27H,4-10,12-17,19-20H2,1-3H3/t23-,24+,25-,26+,27-,28+,29-,30+/m1/s1. The molecule has 1 aromatic heterocycles. The van der Waals surface area contributed by atoms with Gasteiger partial charge in [0.05, 0.1) is 18.1 Å². The average Bonchev–Trinajstić information content (AvgIpc) is 3.59. The van der Waals surface area contributed by atoms with Crippen LogP contribution in [0.1, 0.15) is 96.0 Å². The second-order valence-corrected chi connectivity index (χ2v) is 14.4. The molecule has 0 unspecified atom stereocenters. The maximum Gasteiger partial charge on any atom is 0.0937 e. The normalized spacial score (nSPS) is 46.7. The number of fused-ring (bicyclic) bond motifs is 5. The third-order valence-corrected chi connectivity index (χ3v) is 13.3. The third kappa shape index (κ3) is 3.59. The lowest BCUT2D eigenvalue weighted by Crippen LogP contribution is -2.62. The monoisotopic (exact) mass is 485 g/mol. The maximum absolute atomic E-state index is 6.71. The Morgan fingerprint density at radius 1 is 1.03 bits per heavy atom. The van der Waals surface area contributed by atoms with Crippen LogP contribution in [0.3, 0.4) is 0 Å². The van der Waals surface area contributed by atoms with Crippen LogP contribution in [-0.2, 0) is 4.74 Å². The van der Waals surface area contributed by atoms with Crippen molar-refractivity contribution in [2.45, 2.75) is 101 Å². The Kier molecular flexibility index (Phi) is 6.43. The van der Waals surface area contributed by atoms with E-state index in [-0.39, 0.29) is 11.0 Å². The van der Waals surface area contributed by atoms with E-state index in [1.165, 1.54) is 102 Å². The van der Waals surface area contributed by atoms with Crippen LogP contribution in [0.25, 0.3) is 0 Å². The topological polar surface area (TPSA) is 25.6 Å². The van der Waals surface area contributed by atoms with E-state index in [4.69, 9.17) is 9.15 Å². The molecule has 5 aliphatic rings. The van der Waals surface area contributed by atoms with Gasteiger partial charge in [0.1, 0.15) is 0 Å². The number of hydrogen-bond acceptors (Lipinski definition) is 4. The van der Waals surface area contributed by atoms with E-state index in [1.807, 2.05) is 19.6 Å². The van der Waals surface area contributed by atoms with Gasteiger partial charge in [-0.05, 0) is 124 Å². The van der Waals surface area contributed by atoms with Crippen molar-refractivity contribution in [2.75, 3.05) is 32.5 Å². The predicted octanol–water partition coefficient (Wildman–Crippen LogP) is 7.37. The van der Waals surface area contributed by atoms with Crippen LogP contribution in [0.2, 0.25) is 0 Å². The fourth-order valence-electron chi connectivity index (χ4n) is 10.2. The van der Waals surface area contributed by atoms with Gasteiger partial charge >= 0.3 is 0 Å². The number of methoxy groups -OCH3 is 1. The Balaban J connectivity index is 1.16. The molecule has 3 nitrogen and oxygen atoms in total. The Hall–Kier alpha value is -0.450. The fourth-order valence-corrected chi connectivity index (χ4v) is 11.5. The lowest BCUT2D eigenvalue weighted by molar-refractivity contribution is -0.214. The van der Waals surface area contributed by atoms with Crippen molar-refractivity contribution in [1.82, 2.24) is 4.90 Å². The zero-order chi connectivity index (χ0) is 23.4. The van der Waals surface area contributed by atoms with Crippen LogP contribution < -0.4 is 0 Å². The highest BCUT2D eigenvalue weighted by Gasteiger charge is 2.68. The highest BCUT2D eigenvalue weighted by Crippen LogP contribution is 2.71. The molecule has 5 fully saturated rings. The van der Waals surface area contributed by atoms with E-state index in [0.717, 1.165) is 23.0 Å². The minimum absolute atomic E-state index is 0.0488. The minimum atomic E-state index is 0.0488. The first-order chi connectivity index (χ1) is 16.5. The lowest BCUT2D eigenvalue weighted by atomic mass is 9.43. The summed E-state index contributed by atoms with van der Waals surface area (Å²) < 4.78 is 12.2. The van der Waals surface area contributed by atoms with E-state index < -0.39 is 0 Å². The molecule has 0 bridgehead atoms. The molecule has 8 atom stereocenters. The van der Waals surface area contributed by atoms with Gasteiger partial charge in [0, 0.05) is 30.1 Å². The summed E-state index contributed by atoms with van der Waals surface area (Å²) in [5.41, 5.74) is 2.22. The molecule has 0 spiro atoms. The van der Waals surface area contributed by atoms with Crippen molar-refractivity contribution in [3.05, 3.63) is 24.2 Å². The molecule has 190 valence electrons. The number of ether oxygens (including phenoxy) is 1. The molecule has 0 N–H and O–H groups in total. The molecular weight excluding hydrogens is 438 g/mol. The Morgan fingerprint density at radius 2 is 1.88 bits per heavy atom. The van der Waals surface area contributed by atoms with Crippen LogP contribution in [0.5, 0.6) is 0 Å². The second kappa shape index (κ2) is 9.14. The number of nitrogens with zero attached hydrogens (tertiary/aromatic N) is 1. The first-order valence-electron chi connectivity index (χ1n) is 14.4. The van der Waals surface area contributed by atoms with Crippen LogP contribution in [0.15, 0.2) is 23.0 Å². The number of rotatable bonds is 6. The summed E-state index contributed by atoms with van der Waals surface area (Å²) in [6.07, 6.45) is 19.1. The van der Waals surface area contributed by atoms with Crippen molar-refractivity contribution < 1.29 is 9.15 Å². The largest absolute Gasteiger partial charge is 0.472 e. The van der Waals surface area contributed by atoms with Gasteiger partial charge in [0.15, 0.2) is 0 Å². The van der Waals surface area contributed by atoms with E-state index in [9.17, 15) is 0 Å².